The Kier molecular flexibility index (Phi) is 5.04. The summed E-state index contributed by atoms with van der Waals surface area (Å²) in [6.07, 6.45) is 3.06. The Morgan fingerprint density at radius 3 is 2.71 bits per heavy atom. The SMILES string of the molecule is CC(C)C(O)c1ccn(CC(=O)Nc2ccccc2Cl)c1. The van der Waals surface area contributed by atoms with Crippen molar-refractivity contribution in [3.8, 4) is 0 Å². The number of halogens is 1. The molecule has 1 amide bonds. The number of nitrogens with one attached hydrogen (secondary N) is 1. The number of hydrogen-bond acceptors (Lipinski definition) is 2. The molecule has 112 valence electrons. The molecule has 0 fully saturated rings. The van der Waals surface area contributed by atoms with Gasteiger partial charge in [-0.2, -0.15) is 0 Å². The van der Waals surface area contributed by atoms with Gasteiger partial charge in [0.25, 0.3) is 0 Å². The van der Waals surface area contributed by atoms with Crippen molar-refractivity contribution in [2.45, 2.75) is 26.5 Å². The number of rotatable bonds is 5. The number of benzene rings is 1. The number of aliphatic hydroxyl groups excluding tert-OH is 1. The van der Waals surface area contributed by atoms with E-state index in [2.05, 4.69) is 5.32 Å². The number of amides is 1. The molecule has 0 radical (unpaired) electrons. The second kappa shape index (κ2) is 6.78. The van der Waals surface area contributed by atoms with Gasteiger partial charge in [0.15, 0.2) is 0 Å². The minimum absolute atomic E-state index is 0.137. The van der Waals surface area contributed by atoms with Crippen LogP contribution < -0.4 is 5.32 Å². The fourth-order valence-corrected chi connectivity index (χ4v) is 2.22. The summed E-state index contributed by atoms with van der Waals surface area (Å²) >= 11 is 6.00. The number of aromatic nitrogens is 1. The summed E-state index contributed by atoms with van der Waals surface area (Å²) in [5.74, 6) is -0.0258. The van der Waals surface area contributed by atoms with Crippen LogP contribution in [0.2, 0.25) is 5.02 Å². The standard InChI is InChI=1S/C16H19ClN2O2/c1-11(2)16(21)12-7-8-19(9-12)10-15(20)18-14-6-4-3-5-13(14)17/h3-9,11,16,21H,10H2,1-2H3,(H,18,20). The zero-order chi connectivity index (χ0) is 15.4. The van der Waals surface area contributed by atoms with Gasteiger partial charge < -0.3 is 15.0 Å². The van der Waals surface area contributed by atoms with Gasteiger partial charge in [0.1, 0.15) is 6.54 Å². The summed E-state index contributed by atoms with van der Waals surface area (Å²) in [6.45, 7) is 4.08. The average Bonchev–Trinajstić information content (AvgIpc) is 2.88. The zero-order valence-corrected chi connectivity index (χ0v) is 12.8. The summed E-state index contributed by atoms with van der Waals surface area (Å²) in [5.41, 5.74) is 1.41. The van der Waals surface area contributed by atoms with Crippen LogP contribution in [0.25, 0.3) is 0 Å². The number of hydrogen-bond donors (Lipinski definition) is 2. The largest absolute Gasteiger partial charge is 0.388 e. The highest BCUT2D eigenvalue weighted by Crippen LogP contribution is 2.22. The third kappa shape index (κ3) is 4.09. The minimum Gasteiger partial charge on any atom is -0.388 e. The van der Waals surface area contributed by atoms with E-state index in [1.54, 1.807) is 29.1 Å². The minimum atomic E-state index is -0.516. The topological polar surface area (TPSA) is 54.3 Å². The first-order valence-electron chi connectivity index (χ1n) is 6.85. The molecule has 4 nitrogen and oxygen atoms in total. The van der Waals surface area contributed by atoms with E-state index >= 15 is 0 Å². The molecule has 0 spiro atoms. The number of nitrogens with zero attached hydrogens (tertiary/aromatic N) is 1. The molecule has 1 aromatic carbocycles. The van der Waals surface area contributed by atoms with Crippen molar-refractivity contribution in [2.24, 2.45) is 5.92 Å². The Hall–Kier alpha value is -1.78. The number of carbonyl (C=O) groups is 1. The van der Waals surface area contributed by atoms with Crippen molar-refractivity contribution in [2.75, 3.05) is 5.32 Å². The monoisotopic (exact) mass is 306 g/mol. The van der Waals surface area contributed by atoms with Crippen molar-refractivity contribution in [3.63, 3.8) is 0 Å². The summed E-state index contributed by atoms with van der Waals surface area (Å²) in [5, 5.41) is 13.3. The maximum absolute atomic E-state index is 12.0. The first kappa shape index (κ1) is 15.6. The molecule has 2 N–H and O–H groups in total. The first-order chi connectivity index (χ1) is 9.97. The van der Waals surface area contributed by atoms with Crippen molar-refractivity contribution in [1.29, 1.82) is 0 Å². The second-order valence-electron chi connectivity index (χ2n) is 5.33. The van der Waals surface area contributed by atoms with Crippen LogP contribution in [0.1, 0.15) is 25.5 Å². The number of para-hydroxylation sites is 1. The van der Waals surface area contributed by atoms with Gasteiger partial charge in [0, 0.05) is 12.4 Å². The number of anilines is 1. The molecule has 0 bridgehead atoms. The zero-order valence-electron chi connectivity index (χ0n) is 12.1. The number of aliphatic hydroxyl groups is 1. The molecular formula is C16H19ClN2O2. The molecule has 0 aliphatic carbocycles. The van der Waals surface area contributed by atoms with E-state index in [1.165, 1.54) is 0 Å². The molecule has 1 unspecified atom stereocenters. The highest BCUT2D eigenvalue weighted by atomic mass is 35.5. The summed E-state index contributed by atoms with van der Waals surface area (Å²) in [6, 6.07) is 8.93. The van der Waals surface area contributed by atoms with Crippen molar-refractivity contribution < 1.29 is 9.90 Å². The van der Waals surface area contributed by atoms with Crippen molar-refractivity contribution in [3.05, 3.63) is 53.3 Å². The lowest BCUT2D eigenvalue weighted by Gasteiger charge is -2.12. The van der Waals surface area contributed by atoms with Crippen LogP contribution >= 0.6 is 11.6 Å². The fraction of sp³-hybridized carbons (Fsp3) is 0.312. The van der Waals surface area contributed by atoms with Gasteiger partial charge in [-0.15, -0.1) is 0 Å². The predicted octanol–water partition coefficient (Wildman–Crippen LogP) is 3.47. The molecule has 0 saturated heterocycles. The van der Waals surface area contributed by atoms with Crippen LogP contribution in [0, 0.1) is 5.92 Å². The van der Waals surface area contributed by atoms with Crippen LogP contribution in [0.5, 0.6) is 0 Å². The van der Waals surface area contributed by atoms with E-state index < -0.39 is 6.10 Å². The molecule has 1 aromatic heterocycles. The quantitative estimate of drug-likeness (QED) is 0.888. The molecule has 5 heteroatoms. The van der Waals surface area contributed by atoms with Crippen LogP contribution in [-0.4, -0.2) is 15.6 Å². The third-order valence-electron chi connectivity index (χ3n) is 3.22. The maximum atomic E-state index is 12.0. The van der Waals surface area contributed by atoms with Crippen LogP contribution in [-0.2, 0) is 11.3 Å². The van der Waals surface area contributed by atoms with Gasteiger partial charge in [-0.05, 0) is 29.7 Å². The van der Waals surface area contributed by atoms with E-state index in [0.29, 0.717) is 10.7 Å². The van der Waals surface area contributed by atoms with Crippen molar-refractivity contribution in [1.82, 2.24) is 4.57 Å². The third-order valence-corrected chi connectivity index (χ3v) is 3.55. The average molecular weight is 307 g/mol. The highest BCUT2D eigenvalue weighted by Gasteiger charge is 2.14. The summed E-state index contributed by atoms with van der Waals surface area (Å²) < 4.78 is 1.74. The molecule has 2 rings (SSSR count). The van der Waals surface area contributed by atoms with Gasteiger partial charge in [-0.3, -0.25) is 4.79 Å². The van der Waals surface area contributed by atoms with Crippen LogP contribution in [0.4, 0.5) is 5.69 Å². The van der Waals surface area contributed by atoms with Crippen LogP contribution in [0.3, 0.4) is 0 Å². The lowest BCUT2D eigenvalue weighted by atomic mass is 10.0. The summed E-state index contributed by atoms with van der Waals surface area (Å²) in [4.78, 5) is 12.0. The first-order valence-corrected chi connectivity index (χ1v) is 7.23. The lowest BCUT2D eigenvalue weighted by molar-refractivity contribution is -0.116. The fourth-order valence-electron chi connectivity index (χ4n) is 2.04. The van der Waals surface area contributed by atoms with Gasteiger partial charge in [0.2, 0.25) is 5.91 Å². The molecule has 21 heavy (non-hydrogen) atoms. The molecule has 1 atom stereocenters. The van der Waals surface area contributed by atoms with Gasteiger partial charge >= 0.3 is 0 Å². The molecular weight excluding hydrogens is 288 g/mol. The van der Waals surface area contributed by atoms with Crippen molar-refractivity contribution >= 4 is 23.2 Å². The predicted molar refractivity (Wildman–Crippen MR) is 84.3 cm³/mol. The smallest absolute Gasteiger partial charge is 0.244 e. The summed E-state index contributed by atoms with van der Waals surface area (Å²) in [7, 11) is 0. The second-order valence-corrected chi connectivity index (χ2v) is 5.74. The molecule has 0 aliphatic heterocycles. The van der Waals surface area contributed by atoms with Gasteiger partial charge in [-0.25, -0.2) is 0 Å². The molecule has 0 saturated carbocycles. The Balaban J connectivity index is 1.99. The molecule has 2 aromatic rings. The van der Waals surface area contributed by atoms with E-state index in [-0.39, 0.29) is 18.4 Å². The Morgan fingerprint density at radius 1 is 1.33 bits per heavy atom. The van der Waals surface area contributed by atoms with E-state index in [4.69, 9.17) is 11.6 Å². The number of carbonyl (C=O) groups excluding carboxylic acids is 1. The molecule has 1 heterocycles. The Morgan fingerprint density at radius 2 is 2.05 bits per heavy atom. The van der Waals surface area contributed by atoms with E-state index in [0.717, 1.165) is 5.56 Å². The highest BCUT2D eigenvalue weighted by molar-refractivity contribution is 6.33. The Bertz CT molecular complexity index is 622. The normalized spacial score (nSPS) is 12.4. The maximum Gasteiger partial charge on any atom is 0.244 e. The van der Waals surface area contributed by atoms with Gasteiger partial charge in [-0.1, -0.05) is 37.6 Å². The Labute approximate surface area is 129 Å². The molecule has 0 aliphatic rings. The van der Waals surface area contributed by atoms with E-state index in [9.17, 15) is 9.90 Å². The lowest BCUT2D eigenvalue weighted by Crippen LogP contribution is -2.18. The van der Waals surface area contributed by atoms with Gasteiger partial charge in [0.05, 0.1) is 16.8 Å². The van der Waals surface area contributed by atoms with Crippen LogP contribution in [0.15, 0.2) is 42.7 Å². The van der Waals surface area contributed by atoms with E-state index in [1.807, 2.05) is 32.0 Å².